The third kappa shape index (κ3) is 3.75. The van der Waals surface area contributed by atoms with Gasteiger partial charge in [-0.2, -0.15) is 5.10 Å². The van der Waals surface area contributed by atoms with Crippen LogP contribution in [0.15, 0.2) is 36.7 Å². The molecule has 0 amide bonds. The monoisotopic (exact) mass is 267 g/mol. The molecule has 0 bridgehead atoms. The molecule has 0 saturated carbocycles. The van der Waals surface area contributed by atoms with Gasteiger partial charge in [0.1, 0.15) is 5.75 Å². The summed E-state index contributed by atoms with van der Waals surface area (Å²) in [6.07, 6.45) is 3.89. The summed E-state index contributed by atoms with van der Waals surface area (Å²) in [6, 6.07) is 7.36. The molecule has 0 aliphatic heterocycles. The number of aryl methyl sites for hydroxylation is 1. The second-order valence-electron chi connectivity index (χ2n) is 3.94. The fourth-order valence-electron chi connectivity index (χ4n) is 1.67. The van der Waals surface area contributed by atoms with Crippen LogP contribution >= 0.6 is 12.4 Å². The van der Waals surface area contributed by atoms with E-state index < -0.39 is 0 Å². The Hall–Kier alpha value is -1.52. The van der Waals surface area contributed by atoms with Crippen LogP contribution in [0.5, 0.6) is 5.75 Å². The van der Waals surface area contributed by atoms with Crippen molar-refractivity contribution in [2.24, 2.45) is 0 Å². The summed E-state index contributed by atoms with van der Waals surface area (Å²) in [5.74, 6) is 0.337. The Labute approximate surface area is 113 Å². The molecule has 0 fully saturated rings. The summed E-state index contributed by atoms with van der Waals surface area (Å²) in [7, 11) is 0. The van der Waals surface area contributed by atoms with E-state index >= 15 is 0 Å². The number of benzene rings is 1. The van der Waals surface area contributed by atoms with Crippen molar-refractivity contribution in [1.29, 1.82) is 0 Å². The van der Waals surface area contributed by atoms with Crippen molar-refractivity contribution < 1.29 is 5.11 Å². The molecule has 0 aliphatic carbocycles. The maximum Gasteiger partial charge on any atom is 0.120 e. The molecule has 1 aromatic carbocycles. The van der Waals surface area contributed by atoms with Gasteiger partial charge in [-0.1, -0.05) is 18.2 Å². The van der Waals surface area contributed by atoms with Gasteiger partial charge < -0.3 is 10.4 Å². The first-order valence-corrected chi connectivity index (χ1v) is 5.78. The van der Waals surface area contributed by atoms with Gasteiger partial charge in [0.05, 0.1) is 6.20 Å². The van der Waals surface area contributed by atoms with Crippen LogP contribution in [0.25, 0.3) is 0 Å². The molecular weight excluding hydrogens is 250 g/mol. The molecule has 2 N–H and O–H groups in total. The molecule has 0 radical (unpaired) electrons. The van der Waals surface area contributed by atoms with Crippen LogP contribution in [0.1, 0.15) is 18.1 Å². The summed E-state index contributed by atoms with van der Waals surface area (Å²) in [6.45, 7) is 4.37. The van der Waals surface area contributed by atoms with Crippen molar-refractivity contribution in [3.8, 4) is 5.75 Å². The van der Waals surface area contributed by atoms with E-state index in [2.05, 4.69) is 17.3 Å². The fraction of sp³-hybridized carbons (Fsp3) is 0.308. The van der Waals surface area contributed by atoms with E-state index in [9.17, 15) is 5.11 Å². The highest BCUT2D eigenvalue weighted by atomic mass is 35.5. The number of phenolic OH excluding ortho intramolecular Hbond substituents is 1. The fourth-order valence-corrected chi connectivity index (χ4v) is 1.67. The molecule has 2 rings (SSSR count). The highest BCUT2D eigenvalue weighted by Gasteiger charge is 2.00. The van der Waals surface area contributed by atoms with Crippen molar-refractivity contribution in [1.82, 2.24) is 15.1 Å². The van der Waals surface area contributed by atoms with E-state index in [4.69, 9.17) is 0 Å². The van der Waals surface area contributed by atoms with Gasteiger partial charge in [-0.3, -0.25) is 4.68 Å². The Morgan fingerprint density at radius 1 is 1.28 bits per heavy atom. The van der Waals surface area contributed by atoms with Crippen LogP contribution in [-0.2, 0) is 19.6 Å². The summed E-state index contributed by atoms with van der Waals surface area (Å²) in [4.78, 5) is 0. The Kier molecular flexibility index (Phi) is 5.68. The number of phenols is 1. The van der Waals surface area contributed by atoms with Crippen LogP contribution in [0, 0.1) is 0 Å². The lowest BCUT2D eigenvalue weighted by Gasteiger charge is -2.05. The molecule has 5 heteroatoms. The van der Waals surface area contributed by atoms with Gasteiger partial charge in [0.25, 0.3) is 0 Å². The summed E-state index contributed by atoms with van der Waals surface area (Å²) in [5.41, 5.74) is 2.07. The van der Waals surface area contributed by atoms with Gasteiger partial charge in [-0.05, 0) is 13.0 Å². The van der Waals surface area contributed by atoms with Crippen LogP contribution in [0.3, 0.4) is 0 Å². The van der Waals surface area contributed by atoms with Gasteiger partial charge in [0.2, 0.25) is 0 Å². The van der Waals surface area contributed by atoms with Crippen molar-refractivity contribution in [2.45, 2.75) is 26.6 Å². The standard InChI is InChI=1S/C13H17N3O.ClH/c1-2-16-10-11(8-15-16)7-14-9-12-5-3-4-6-13(12)17;/h3-6,8,10,14,17H,2,7,9H2,1H3;1H. The first-order chi connectivity index (χ1) is 8.29. The lowest BCUT2D eigenvalue weighted by atomic mass is 10.2. The number of halogens is 1. The third-order valence-electron chi connectivity index (χ3n) is 2.65. The molecule has 4 nitrogen and oxygen atoms in total. The zero-order valence-corrected chi connectivity index (χ0v) is 11.2. The zero-order chi connectivity index (χ0) is 12.1. The molecule has 0 saturated heterocycles. The lowest BCUT2D eigenvalue weighted by Crippen LogP contribution is -2.12. The van der Waals surface area contributed by atoms with E-state index in [1.54, 1.807) is 6.07 Å². The molecular formula is C13H18ClN3O. The molecule has 98 valence electrons. The van der Waals surface area contributed by atoms with Crippen molar-refractivity contribution in [2.75, 3.05) is 0 Å². The van der Waals surface area contributed by atoms with E-state index in [1.807, 2.05) is 35.3 Å². The van der Waals surface area contributed by atoms with Crippen LogP contribution in [0.4, 0.5) is 0 Å². The van der Waals surface area contributed by atoms with Gasteiger partial charge in [-0.25, -0.2) is 0 Å². The Morgan fingerprint density at radius 2 is 2.06 bits per heavy atom. The van der Waals surface area contributed by atoms with Crippen LogP contribution in [0.2, 0.25) is 0 Å². The average molecular weight is 268 g/mol. The number of hydrogen-bond donors (Lipinski definition) is 2. The van der Waals surface area contributed by atoms with Crippen LogP contribution in [-0.4, -0.2) is 14.9 Å². The van der Waals surface area contributed by atoms with Crippen LogP contribution < -0.4 is 5.32 Å². The highest BCUT2D eigenvalue weighted by Crippen LogP contribution is 2.14. The number of hydrogen-bond acceptors (Lipinski definition) is 3. The van der Waals surface area contributed by atoms with E-state index in [0.717, 1.165) is 24.2 Å². The quantitative estimate of drug-likeness (QED) is 0.874. The number of aromatic nitrogens is 2. The third-order valence-corrected chi connectivity index (χ3v) is 2.65. The predicted octanol–water partition coefficient (Wildman–Crippen LogP) is 2.32. The topological polar surface area (TPSA) is 50.1 Å². The van der Waals surface area contributed by atoms with Gasteiger partial charge in [-0.15, -0.1) is 12.4 Å². The Balaban J connectivity index is 0.00000162. The zero-order valence-electron chi connectivity index (χ0n) is 10.3. The minimum Gasteiger partial charge on any atom is -0.508 e. The molecule has 0 unspecified atom stereocenters. The molecule has 2 aromatic rings. The number of para-hydroxylation sites is 1. The Morgan fingerprint density at radius 3 is 2.72 bits per heavy atom. The Bertz CT molecular complexity index is 485. The van der Waals surface area contributed by atoms with E-state index in [1.165, 1.54) is 0 Å². The maximum absolute atomic E-state index is 9.59. The number of aromatic hydroxyl groups is 1. The highest BCUT2D eigenvalue weighted by molar-refractivity contribution is 5.85. The molecule has 0 atom stereocenters. The number of nitrogens with zero attached hydrogens (tertiary/aromatic N) is 2. The smallest absolute Gasteiger partial charge is 0.120 e. The maximum atomic E-state index is 9.59. The number of nitrogens with one attached hydrogen (secondary N) is 1. The minimum absolute atomic E-state index is 0. The van der Waals surface area contributed by atoms with Gasteiger partial charge in [0.15, 0.2) is 0 Å². The number of rotatable bonds is 5. The summed E-state index contributed by atoms with van der Waals surface area (Å²) < 4.78 is 1.90. The summed E-state index contributed by atoms with van der Waals surface area (Å²) >= 11 is 0. The second kappa shape index (κ2) is 7.03. The first kappa shape index (κ1) is 14.5. The molecule has 1 heterocycles. The predicted molar refractivity (Wildman–Crippen MR) is 73.8 cm³/mol. The second-order valence-corrected chi connectivity index (χ2v) is 3.94. The summed E-state index contributed by atoms with van der Waals surface area (Å²) in [5, 5.41) is 17.1. The van der Waals surface area contributed by atoms with Gasteiger partial charge in [0, 0.05) is 37.0 Å². The van der Waals surface area contributed by atoms with E-state index in [-0.39, 0.29) is 12.4 Å². The van der Waals surface area contributed by atoms with Crippen molar-refractivity contribution in [3.63, 3.8) is 0 Å². The molecule has 0 spiro atoms. The van der Waals surface area contributed by atoms with Crippen molar-refractivity contribution in [3.05, 3.63) is 47.8 Å². The molecule has 0 aliphatic rings. The first-order valence-electron chi connectivity index (χ1n) is 5.78. The van der Waals surface area contributed by atoms with Crippen molar-refractivity contribution >= 4 is 12.4 Å². The van der Waals surface area contributed by atoms with Gasteiger partial charge >= 0.3 is 0 Å². The minimum atomic E-state index is 0. The molecule has 18 heavy (non-hydrogen) atoms. The SMILES string of the molecule is CCn1cc(CNCc2ccccc2O)cn1.Cl. The lowest BCUT2D eigenvalue weighted by molar-refractivity contribution is 0.464. The van der Waals surface area contributed by atoms with E-state index in [0.29, 0.717) is 12.3 Å². The average Bonchev–Trinajstić information content (AvgIpc) is 2.80. The molecule has 1 aromatic heterocycles. The normalized spacial score (nSPS) is 10.1. The largest absolute Gasteiger partial charge is 0.508 e.